The van der Waals surface area contributed by atoms with Crippen LogP contribution in [0.25, 0.3) is 0 Å². The smallest absolute Gasteiger partial charge is 0.251 e. The zero-order chi connectivity index (χ0) is 22.5. The van der Waals surface area contributed by atoms with Crippen LogP contribution in [-0.4, -0.2) is 21.0 Å². The Morgan fingerprint density at radius 2 is 1.69 bits per heavy atom. The number of carbonyl (C=O) groups excluding carboxylic acids is 1. The Morgan fingerprint density at radius 3 is 2.34 bits per heavy atom. The van der Waals surface area contributed by atoms with Crippen LogP contribution in [0.2, 0.25) is 5.02 Å². The van der Waals surface area contributed by atoms with Crippen LogP contribution in [0.1, 0.15) is 34.3 Å². The number of halogens is 2. The molecule has 0 aromatic heterocycles. The number of hydrogen-bond acceptors (Lipinski definition) is 2. The Labute approximate surface area is 195 Å². The van der Waals surface area contributed by atoms with E-state index in [0.29, 0.717) is 33.5 Å². The molecule has 32 heavy (non-hydrogen) atoms. The van der Waals surface area contributed by atoms with E-state index in [9.17, 15) is 13.4 Å². The van der Waals surface area contributed by atoms with Gasteiger partial charge in [0.2, 0.25) is 0 Å². The molecule has 3 aromatic rings. The highest BCUT2D eigenvalue weighted by Crippen LogP contribution is 2.27. The number of rotatable bonds is 9. The lowest BCUT2D eigenvalue weighted by Gasteiger charge is -2.22. The van der Waals surface area contributed by atoms with E-state index >= 15 is 0 Å². The summed E-state index contributed by atoms with van der Waals surface area (Å²) in [5.41, 5.74) is 1.93. The molecule has 1 amide bonds. The van der Waals surface area contributed by atoms with E-state index in [1.807, 2.05) is 12.1 Å². The summed E-state index contributed by atoms with van der Waals surface area (Å²) in [4.78, 5) is 12.9. The molecule has 1 saturated carbocycles. The first-order valence-corrected chi connectivity index (χ1v) is 12.0. The van der Waals surface area contributed by atoms with Crippen LogP contribution in [0, 0.1) is 11.7 Å². The third-order valence-electron chi connectivity index (χ3n) is 5.38. The van der Waals surface area contributed by atoms with Gasteiger partial charge in [-0.3, -0.25) is 4.79 Å². The summed E-state index contributed by atoms with van der Waals surface area (Å²) in [6, 6.07) is 20.5. The quantitative estimate of drug-likeness (QED) is 0.458. The second-order valence-corrected chi connectivity index (χ2v) is 9.87. The van der Waals surface area contributed by atoms with Gasteiger partial charge >= 0.3 is 0 Å². The van der Waals surface area contributed by atoms with Gasteiger partial charge in [-0.05, 0) is 66.8 Å². The minimum absolute atomic E-state index is 0.0867. The van der Waals surface area contributed by atoms with E-state index in [2.05, 4.69) is 5.32 Å². The van der Waals surface area contributed by atoms with Crippen molar-refractivity contribution >= 4 is 28.5 Å². The molecule has 0 saturated heterocycles. The van der Waals surface area contributed by atoms with Gasteiger partial charge in [0.1, 0.15) is 16.8 Å². The molecule has 3 aromatic carbocycles. The lowest BCUT2D eigenvalue weighted by atomic mass is 10.1. The molecule has 1 aliphatic rings. The molecule has 166 valence electrons. The Hall–Kier alpha value is -2.54. The van der Waals surface area contributed by atoms with Crippen LogP contribution < -0.4 is 5.32 Å². The van der Waals surface area contributed by atoms with Crippen molar-refractivity contribution in [2.45, 2.75) is 30.8 Å². The third kappa shape index (κ3) is 6.03. The molecule has 4 rings (SSSR count). The Morgan fingerprint density at radius 1 is 1.00 bits per heavy atom. The van der Waals surface area contributed by atoms with Crippen molar-refractivity contribution in [2.75, 3.05) is 6.54 Å². The van der Waals surface area contributed by atoms with Crippen molar-refractivity contribution in [3.05, 3.63) is 100 Å². The van der Waals surface area contributed by atoms with Crippen molar-refractivity contribution in [3.63, 3.8) is 0 Å². The second-order valence-electron chi connectivity index (χ2n) is 7.94. The van der Waals surface area contributed by atoms with Gasteiger partial charge in [0.15, 0.2) is 0 Å². The molecule has 0 bridgehead atoms. The highest BCUT2D eigenvalue weighted by Gasteiger charge is 2.22. The molecule has 0 aliphatic heterocycles. The van der Waals surface area contributed by atoms with Gasteiger partial charge in [-0.25, -0.2) is 12.9 Å². The second kappa shape index (κ2) is 10.4. The lowest BCUT2D eigenvalue weighted by Crippen LogP contribution is -2.26. The number of carbonyl (C=O) groups is 1. The average molecular weight is 471 g/mol. The zero-order valence-corrected chi connectivity index (χ0v) is 19.0. The van der Waals surface area contributed by atoms with Crippen LogP contribution in [-0.2, 0) is 24.1 Å². The Kier molecular flexibility index (Phi) is 7.35. The summed E-state index contributed by atoms with van der Waals surface area (Å²) < 4.78 is 29.3. The predicted molar refractivity (Wildman–Crippen MR) is 125 cm³/mol. The molecule has 1 fully saturated rings. The molecule has 1 atom stereocenters. The topological polar surface area (TPSA) is 49.4 Å². The zero-order valence-electron chi connectivity index (χ0n) is 17.5. The van der Waals surface area contributed by atoms with Crippen molar-refractivity contribution in [1.82, 2.24) is 9.62 Å². The summed E-state index contributed by atoms with van der Waals surface area (Å²) >= 11 is 5.96. The fraction of sp³-hybridized carbons (Fsp3) is 0.240. The van der Waals surface area contributed by atoms with Crippen molar-refractivity contribution in [2.24, 2.45) is 5.92 Å². The average Bonchev–Trinajstić information content (AvgIpc) is 3.63. The van der Waals surface area contributed by atoms with Gasteiger partial charge in [-0.1, -0.05) is 41.9 Å². The van der Waals surface area contributed by atoms with Crippen LogP contribution in [0.5, 0.6) is 0 Å². The number of benzene rings is 3. The number of nitrogens with one attached hydrogen (secondary N) is 1. The summed E-state index contributed by atoms with van der Waals surface area (Å²) in [6.45, 7) is 1.22. The first-order valence-electron chi connectivity index (χ1n) is 10.5. The monoisotopic (exact) mass is 470 g/mol. The Bertz CT molecular complexity index is 1100. The molecule has 0 spiro atoms. The summed E-state index contributed by atoms with van der Waals surface area (Å²) in [7, 11) is -1.53. The molecule has 4 nitrogen and oxygen atoms in total. The molecule has 1 unspecified atom stereocenters. The maximum atomic E-state index is 14.3. The van der Waals surface area contributed by atoms with Crippen molar-refractivity contribution in [3.8, 4) is 0 Å². The highest BCUT2D eigenvalue weighted by molar-refractivity contribution is 7.82. The van der Waals surface area contributed by atoms with E-state index in [1.54, 1.807) is 58.9 Å². The van der Waals surface area contributed by atoms with E-state index < -0.39 is 11.0 Å². The molecule has 1 N–H and O–H groups in total. The maximum Gasteiger partial charge on any atom is 0.251 e. The summed E-state index contributed by atoms with van der Waals surface area (Å²) in [5, 5.41) is 3.51. The van der Waals surface area contributed by atoms with Gasteiger partial charge in [0.05, 0.1) is 4.90 Å². The van der Waals surface area contributed by atoms with E-state index in [-0.39, 0.29) is 18.3 Å². The minimum atomic E-state index is -1.53. The fourth-order valence-corrected chi connectivity index (χ4v) is 4.63. The lowest BCUT2D eigenvalue weighted by molar-refractivity contribution is 0.0952. The van der Waals surface area contributed by atoms with E-state index in [0.717, 1.165) is 12.1 Å². The predicted octanol–water partition coefficient (Wildman–Crippen LogP) is 5.34. The largest absolute Gasteiger partial charge is 0.352 e. The SMILES string of the molecule is O=C(NCC1CC1)c1ccc(CN(Cc2ccccc2F)S(=O)c2ccc(Cl)cc2)cc1. The van der Waals surface area contributed by atoms with Gasteiger partial charge in [0, 0.05) is 35.8 Å². The van der Waals surface area contributed by atoms with Crippen LogP contribution in [0.15, 0.2) is 77.7 Å². The maximum absolute atomic E-state index is 14.3. The third-order valence-corrected chi connectivity index (χ3v) is 7.03. The first kappa shape index (κ1) is 22.6. The molecule has 1 aliphatic carbocycles. The molecule has 0 heterocycles. The van der Waals surface area contributed by atoms with E-state index in [4.69, 9.17) is 11.6 Å². The van der Waals surface area contributed by atoms with Crippen LogP contribution in [0.3, 0.4) is 0 Å². The van der Waals surface area contributed by atoms with Gasteiger partial charge in [-0.15, -0.1) is 0 Å². The van der Waals surface area contributed by atoms with Crippen molar-refractivity contribution in [1.29, 1.82) is 0 Å². The van der Waals surface area contributed by atoms with Crippen molar-refractivity contribution < 1.29 is 13.4 Å². The van der Waals surface area contributed by atoms with Gasteiger partial charge < -0.3 is 5.32 Å². The number of hydrogen-bond donors (Lipinski definition) is 1. The van der Waals surface area contributed by atoms with Crippen LogP contribution in [0.4, 0.5) is 4.39 Å². The summed E-state index contributed by atoms with van der Waals surface area (Å²) in [6.07, 6.45) is 2.36. The Balaban J connectivity index is 1.51. The molecule has 0 radical (unpaired) electrons. The van der Waals surface area contributed by atoms with Crippen LogP contribution >= 0.6 is 11.6 Å². The molecular formula is C25H24ClFN2O2S. The summed E-state index contributed by atoms with van der Waals surface area (Å²) in [5.74, 6) is 0.192. The highest BCUT2D eigenvalue weighted by atomic mass is 35.5. The standard InChI is InChI=1S/C25H24ClFN2O2S/c26-22-11-13-23(14-12-22)32(31)29(17-21-3-1-2-4-24(21)27)16-19-7-9-20(10-8-19)25(30)28-15-18-5-6-18/h1-4,7-14,18H,5-6,15-17H2,(H,28,30). The minimum Gasteiger partial charge on any atom is -0.352 e. The van der Waals surface area contributed by atoms with E-state index in [1.165, 1.54) is 18.9 Å². The number of amides is 1. The normalized spacial score (nSPS) is 14.3. The van der Waals surface area contributed by atoms with Gasteiger partial charge in [-0.2, -0.15) is 0 Å². The number of nitrogens with zero attached hydrogens (tertiary/aromatic N) is 1. The molecular weight excluding hydrogens is 447 g/mol. The first-order chi connectivity index (χ1) is 15.5. The molecule has 7 heteroatoms. The fourth-order valence-electron chi connectivity index (χ4n) is 3.32. The van der Waals surface area contributed by atoms with Gasteiger partial charge in [0.25, 0.3) is 5.91 Å².